The number of benzene rings is 2. The Morgan fingerprint density at radius 2 is 1.62 bits per heavy atom. The average molecular weight is 546 g/mol. The Kier molecular flexibility index (Phi) is 8.01. The summed E-state index contributed by atoms with van der Waals surface area (Å²) in [5.41, 5.74) is 0.919. The summed E-state index contributed by atoms with van der Waals surface area (Å²) < 4.78 is 40.0. The van der Waals surface area contributed by atoms with Gasteiger partial charge in [-0.1, -0.05) is 58.0 Å². The Hall–Kier alpha value is -1.90. The molecule has 3 aromatic rings. The van der Waals surface area contributed by atoms with E-state index in [1.807, 2.05) is 0 Å². The number of halogens is 7. The van der Waals surface area contributed by atoms with Crippen molar-refractivity contribution in [2.45, 2.75) is 20.1 Å². The van der Waals surface area contributed by atoms with E-state index in [1.165, 1.54) is 30.3 Å². The summed E-state index contributed by atoms with van der Waals surface area (Å²) in [4.78, 5) is 12.5. The van der Waals surface area contributed by atoms with Crippen molar-refractivity contribution in [3.05, 3.63) is 72.5 Å². The summed E-state index contributed by atoms with van der Waals surface area (Å²) in [7, 11) is 0. The van der Waals surface area contributed by atoms with Crippen molar-refractivity contribution in [2.75, 3.05) is 5.32 Å². The third-order valence-corrected chi connectivity index (χ3v) is 6.33. The second-order valence-electron chi connectivity index (χ2n) is 6.26. The largest absolute Gasteiger partial charge is 0.482 e. The summed E-state index contributed by atoms with van der Waals surface area (Å²) in [6, 6.07) is 7.08. The van der Waals surface area contributed by atoms with E-state index in [2.05, 4.69) is 10.1 Å². The fourth-order valence-corrected chi connectivity index (χ4v) is 3.80. The van der Waals surface area contributed by atoms with Gasteiger partial charge in [0.2, 0.25) is 0 Å². The van der Waals surface area contributed by atoms with Crippen LogP contribution in [-0.2, 0) is 6.61 Å². The third kappa shape index (κ3) is 5.53. The van der Waals surface area contributed by atoms with Crippen LogP contribution >= 0.6 is 58.0 Å². The number of ether oxygens (including phenoxy) is 2. The lowest BCUT2D eigenvalue weighted by molar-refractivity contribution is -0.0498. The number of anilines is 1. The van der Waals surface area contributed by atoms with Crippen LogP contribution in [-0.4, -0.2) is 12.5 Å². The van der Waals surface area contributed by atoms with Crippen LogP contribution in [0.15, 0.2) is 34.7 Å². The second-order valence-corrected chi connectivity index (χ2v) is 8.15. The number of aryl methyl sites for hydroxylation is 1. The number of hydrogen-bond donors (Lipinski definition) is 1. The van der Waals surface area contributed by atoms with Crippen molar-refractivity contribution < 1.29 is 27.5 Å². The Morgan fingerprint density at radius 1 is 1.00 bits per heavy atom. The molecule has 0 atom stereocenters. The van der Waals surface area contributed by atoms with Crippen LogP contribution in [0.4, 0.5) is 14.5 Å². The Bertz CT molecular complexity index is 1140. The van der Waals surface area contributed by atoms with E-state index in [0.29, 0.717) is 11.3 Å². The summed E-state index contributed by atoms with van der Waals surface area (Å²) in [6.45, 7) is -1.45. The van der Waals surface area contributed by atoms with Crippen molar-refractivity contribution in [3.63, 3.8) is 0 Å². The highest BCUT2D eigenvalue weighted by molar-refractivity contribution is 6.55. The third-order valence-electron chi connectivity index (χ3n) is 4.08. The quantitative estimate of drug-likeness (QED) is 0.240. The standard InChI is InChI=1S/C20H12Cl5F2NO4/c1-8-6-9(32-20(26)27)2-4-11(8)28-19(29)12-5-3-10(31-12)7-30-18-16(24)14(22)13(21)15(23)17(18)25/h2-6,20H,7H2,1H3,(H,28,29). The molecule has 1 heterocycles. The normalized spacial score (nSPS) is 11.0. The number of nitrogens with one attached hydrogen (secondary N) is 1. The molecule has 0 saturated carbocycles. The molecule has 32 heavy (non-hydrogen) atoms. The molecule has 1 N–H and O–H groups in total. The average Bonchev–Trinajstić information content (AvgIpc) is 3.21. The smallest absolute Gasteiger partial charge is 0.387 e. The predicted molar refractivity (Wildman–Crippen MR) is 120 cm³/mol. The molecule has 0 spiro atoms. The van der Waals surface area contributed by atoms with Crippen molar-refractivity contribution in [1.82, 2.24) is 0 Å². The number of amides is 1. The first kappa shape index (κ1) is 24.7. The van der Waals surface area contributed by atoms with Gasteiger partial charge in [-0.3, -0.25) is 4.79 Å². The van der Waals surface area contributed by atoms with Gasteiger partial charge in [0, 0.05) is 5.69 Å². The van der Waals surface area contributed by atoms with Crippen molar-refractivity contribution in [1.29, 1.82) is 0 Å². The SMILES string of the molecule is Cc1cc(OC(F)F)ccc1NC(=O)c1ccc(COc2c(Cl)c(Cl)c(Cl)c(Cl)c2Cl)o1. The molecule has 0 aliphatic carbocycles. The number of carbonyl (C=O) groups excluding carboxylic acids is 1. The molecule has 5 nitrogen and oxygen atoms in total. The molecule has 0 bridgehead atoms. The molecule has 0 fully saturated rings. The van der Waals surface area contributed by atoms with Crippen molar-refractivity contribution in [3.8, 4) is 11.5 Å². The maximum absolute atomic E-state index is 12.5. The van der Waals surface area contributed by atoms with Gasteiger partial charge in [-0.05, 0) is 42.8 Å². The van der Waals surface area contributed by atoms with Crippen LogP contribution in [0.2, 0.25) is 25.1 Å². The Morgan fingerprint density at radius 3 is 2.22 bits per heavy atom. The first-order valence-electron chi connectivity index (χ1n) is 8.68. The highest BCUT2D eigenvalue weighted by Crippen LogP contribution is 2.48. The fourth-order valence-electron chi connectivity index (χ4n) is 2.57. The first-order chi connectivity index (χ1) is 15.1. The lowest BCUT2D eigenvalue weighted by Gasteiger charge is -2.13. The predicted octanol–water partition coefficient (Wildman–Crippen LogP) is 8.29. The van der Waals surface area contributed by atoms with Gasteiger partial charge in [0.1, 0.15) is 28.2 Å². The molecular weight excluding hydrogens is 533 g/mol. The maximum atomic E-state index is 12.5. The van der Waals surface area contributed by atoms with Crippen LogP contribution in [0.25, 0.3) is 0 Å². The van der Waals surface area contributed by atoms with Gasteiger partial charge in [0.05, 0.1) is 15.1 Å². The minimum Gasteiger partial charge on any atom is -0.482 e. The molecule has 0 unspecified atom stereocenters. The van der Waals surface area contributed by atoms with Crippen LogP contribution in [0.1, 0.15) is 21.9 Å². The van der Waals surface area contributed by atoms with Gasteiger partial charge in [-0.25, -0.2) is 0 Å². The molecule has 12 heteroatoms. The minimum atomic E-state index is -2.94. The summed E-state index contributed by atoms with van der Waals surface area (Å²) >= 11 is 30.2. The zero-order valence-corrected chi connectivity index (χ0v) is 19.7. The molecule has 3 rings (SSSR count). The number of rotatable bonds is 7. The maximum Gasteiger partial charge on any atom is 0.387 e. The molecular formula is C20H12Cl5F2NO4. The highest BCUT2D eigenvalue weighted by Gasteiger charge is 2.21. The first-order valence-corrected chi connectivity index (χ1v) is 10.6. The van der Waals surface area contributed by atoms with E-state index in [9.17, 15) is 13.6 Å². The van der Waals surface area contributed by atoms with Crippen molar-refractivity contribution >= 4 is 69.6 Å². The molecule has 0 aliphatic rings. The molecule has 0 saturated heterocycles. The molecule has 170 valence electrons. The Labute approximate surface area is 206 Å². The van der Waals surface area contributed by atoms with Crippen molar-refractivity contribution in [2.24, 2.45) is 0 Å². The number of hydrogen-bond acceptors (Lipinski definition) is 4. The van der Waals surface area contributed by atoms with E-state index >= 15 is 0 Å². The molecule has 0 radical (unpaired) electrons. The topological polar surface area (TPSA) is 60.7 Å². The van der Waals surface area contributed by atoms with Gasteiger partial charge < -0.3 is 19.2 Å². The van der Waals surface area contributed by atoms with E-state index in [1.54, 1.807) is 6.92 Å². The van der Waals surface area contributed by atoms with Gasteiger partial charge in [-0.15, -0.1) is 0 Å². The zero-order chi connectivity index (χ0) is 23.6. The molecule has 1 aromatic heterocycles. The second kappa shape index (κ2) is 10.4. The monoisotopic (exact) mass is 543 g/mol. The zero-order valence-electron chi connectivity index (χ0n) is 15.9. The van der Waals surface area contributed by atoms with Crippen LogP contribution < -0.4 is 14.8 Å². The van der Waals surface area contributed by atoms with E-state index in [-0.39, 0.29) is 54.7 Å². The number of alkyl halides is 2. The minimum absolute atomic E-state index is 0.00302. The Balaban J connectivity index is 1.68. The number of carbonyl (C=O) groups is 1. The van der Waals surface area contributed by atoms with Crippen LogP contribution in [0.5, 0.6) is 11.5 Å². The van der Waals surface area contributed by atoms with Gasteiger partial charge in [0.15, 0.2) is 11.5 Å². The lowest BCUT2D eigenvalue weighted by Crippen LogP contribution is -2.12. The highest BCUT2D eigenvalue weighted by atomic mass is 35.5. The van der Waals surface area contributed by atoms with Crippen LogP contribution in [0, 0.1) is 6.92 Å². The summed E-state index contributed by atoms with van der Waals surface area (Å²) in [6.07, 6.45) is 0. The summed E-state index contributed by atoms with van der Waals surface area (Å²) in [5.74, 6) is -0.304. The van der Waals surface area contributed by atoms with Gasteiger partial charge in [0.25, 0.3) is 5.91 Å². The van der Waals surface area contributed by atoms with Crippen LogP contribution in [0.3, 0.4) is 0 Å². The van der Waals surface area contributed by atoms with E-state index in [0.717, 1.165) is 0 Å². The number of furan rings is 1. The molecule has 0 aliphatic heterocycles. The molecule has 1 amide bonds. The van der Waals surface area contributed by atoms with E-state index in [4.69, 9.17) is 67.2 Å². The fraction of sp³-hybridized carbons (Fsp3) is 0.150. The van der Waals surface area contributed by atoms with E-state index < -0.39 is 12.5 Å². The van der Waals surface area contributed by atoms with Gasteiger partial charge >= 0.3 is 6.61 Å². The van der Waals surface area contributed by atoms with Gasteiger partial charge in [-0.2, -0.15) is 8.78 Å². The summed E-state index contributed by atoms with van der Waals surface area (Å²) in [5, 5.41) is 2.54. The lowest BCUT2D eigenvalue weighted by atomic mass is 10.2. The molecule has 2 aromatic carbocycles.